The maximum atomic E-state index is 13.8. The Kier molecular flexibility index (Phi) is 5.08. The van der Waals surface area contributed by atoms with Crippen molar-refractivity contribution in [3.8, 4) is 0 Å². The molecule has 0 atom stereocenters. The fourth-order valence-electron chi connectivity index (χ4n) is 3.89. The second kappa shape index (κ2) is 7.58. The molecule has 3 aromatic carbocycles. The highest BCUT2D eigenvalue weighted by Crippen LogP contribution is 2.29. The zero-order chi connectivity index (χ0) is 21.5. The van der Waals surface area contributed by atoms with Gasteiger partial charge >= 0.3 is 0 Å². The minimum Gasteiger partial charge on any atom is -0.228 e. The number of nitrogens with zero attached hydrogens (tertiary/aromatic N) is 2. The summed E-state index contributed by atoms with van der Waals surface area (Å²) in [4.78, 5) is 4.95. The Balaban J connectivity index is 1.94. The van der Waals surface area contributed by atoms with E-state index in [2.05, 4.69) is 4.98 Å². The Bertz CT molecular complexity index is 1360. The Labute approximate surface area is 177 Å². The van der Waals surface area contributed by atoms with Crippen molar-refractivity contribution in [3.05, 3.63) is 94.3 Å². The summed E-state index contributed by atoms with van der Waals surface area (Å²) in [5, 5.41) is 0. The molecule has 0 spiro atoms. The summed E-state index contributed by atoms with van der Waals surface area (Å²) in [6.07, 6.45) is 3.66. The molecule has 4 rings (SSSR count). The standard InChI is InChI=1S/C25H24N2O2S/c1-17-9-11-21(12-10-17)13-14-24-26-22-7-5-6-8-23(22)27(24)30(28,29)25-19(3)15-18(2)16-20(25)4/h5-16H,1-4H3. The van der Waals surface area contributed by atoms with Crippen molar-refractivity contribution in [1.82, 2.24) is 8.96 Å². The fourth-order valence-corrected chi connectivity index (χ4v) is 5.77. The number of hydrogen-bond acceptors (Lipinski definition) is 3. The van der Waals surface area contributed by atoms with Crippen molar-refractivity contribution in [2.75, 3.05) is 0 Å². The first-order chi connectivity index (χ1) is 14.3. The van der Waals surface area contributed by atoms with Crippen LogP contribution in [0.1, 0.15) is 33.6 Å². The molecule has 0 aliphatic carbocycles. The van der Waals surface area contributed by atoms with E-state index < -0.39 is 10.0 Å². The smallest absolute Gasteiger partial charge is 0.228 e. The second-order valence-corrected chi connectivity index (χ2v) is 9.42. The molecular weight excluding hydrogens is 392 g/mol. The van der Waals surface area contributed by atoms with Crippen LogP contribution < -0.4 is 0 Å². The van der Waals surface area contributed by atoms with Crippen LogP contribution in [0.15, 0.2) is 65.6 Å². The highest BCUT2D eigenvalue weighted by atomic mass is 32.2. The maximum absolute atomic E-state index is 13.8. The largest absolute Gasteiger partial charge is 0.270 e. The number of para-hydroxylation sites is 2. The molecule has 0 saturated heterocycles. The van der Waals surface area contributed by atoms with Gasteiger partial charge in [0.05, 0.1) is 15.9 Å². The van der Waals surface area contributed by atoms with Gasteiger partial charge in [0, 0.05) is 0 Å². The van der Waals surface area contributed by atoms with E-state index in [-0.39, 0.29) is 0 Å². The summed E-state index contributed by atoms with van der Waals surface area (Å²) in [5.41, 5.74) is 5.88. The van der Waals surface area contributed by atoms with Gasteiger partial charge in [0.15, 0.2) is 0 Å². The van der Waals surface area contributed by atoms with Crippen LogP contribution in [0, 0.1) is 27.7 Å². The van der Waals surface area contributed by atoms with Gasteiger partial charge in [0.1, 0.15) is 5.82 Å². The Morgan fingerprint density at radius 3 is 2.10 bits per heavy atom. The molecule has 4 aromatic rings. The number of benzene rings is 3. The van der Waals surface area contributed by atoms with Crippen LogP contribution in [0.5, 0.6) is 0 Å². The van der Waals surface area contributed by atoms with Gasteiger partial charge < -0.3 is 0 Å². The molecule has 1 aromatic heterocycles. The summed E-state index contributed by atoms with van der Waals surface area (Å²) >= 11 is 0. The number of aryl methyl sites for hydroxylation is 4. The van der Waals surface area contributed by atoms with E-state index in [0.717, 1.165) is 22.3 Å². The minimum absolute atomic E-state index is 0.334. The van der Waals surface area contributed by atoms with E-state index in [1.807, 2.05) is 88.4 Å². The lowest BCUT2D eigenvalue weighted by molar-refractivity contribution is 0.587. The normalized spacial score (nSPS) is 12.1. The van der Waals surface area contributed by atoms with E-state index in [4.69, 9.17) is 0 Å². The quantitative estimate of drug-likeness (QED) is 0.430. The van der Waals surface area contributed by atoms with Gasteiger partial charge in [-0.15, -0.1) is 0 Å². The first kappa shape index (κ1) is 20.1. The molecule has 0 bridgehead atoms. The van der Waals surface area contributed by atoms with Crippen molar-refractivity contribution < 1.29 is 8.42 Å². The van der Waals surface area contributed by atoms with Crippen LogP contribution >= 0.6 is 0 Å². The molecule has 0 saturated carbocycles. The molecule has 152 valence electrons. The van der Waals surface area contributed by atoms with Crippen LogP contribution in [0.3, 0.4) is 0 Å². The SMILES string of the molecule is Cc1ccc(C=Cc2nc3ccccc3n2S(=O)(=O)c2c(C)cc(C)cc2C)cc1. The lowest BCUT2D eigenvalue weighted by Gasteiger charge is -2.14. The lowest BCUT2D eigenvalue weighted by atomic mass is 10.1. The summed E-state index contributed by atoms with van der Waals surface area (Å²) < 4.78 is 29.0. The third kappa shape index (κ3) is 3.57. The van der Waals surface area contributed by atoms with Gasteiger partial charge in [-0.05, 0) is 62.6 Å². The van der Waals surface area contributed by atoms with Gasteiger partial charge in [-0.1, -0.05) is 65.7 Å². The monoisotopic (exact) mass is 416 g/mol. The third-order valence-corrected chi connectivity index (χ3v) is 7.17. The van der Waals surface area contributed by atoms with Crippen LogP contribution in [0.25, 0.3) is 23.2 Å². The Hall–Kier alpha value is -3.18. The predicted octanol–water partition coefficient (Wildman–Crippen LogP) is 5.68. The highest BCUT2D eigenvalue weighted by Gasteiger charge is 2.26. The average Bonchev–Trinajstić information content (AvgIpc) is 3.05. The maximum Gasteiger partial charge on any atom is 0.270 e. The van der Waals surface area contributed by atoms with Crippen molar-refractivity contribution in [2.24, 2.45) is 0 Å². The first-order valence-electron chi connectivity index (χ1n) is 9.83. The molecule has 0 amide bonds. The van der Waals surface area contributed by atoms with Gasteiger partial charge in [0.2, 0.25) is 0 Å². The average molecular weight is 417 g/mol. The second-order valence-electron chi connectivity index (χ2n) is 7.70. The molecule has 0 aliphatic rings. The summed E-state index contributed by atoms with van der Waals surface area (Å²) in [6.45, 7) is 7.69. The number of fused-ring (bicyclic) bond motifs is 1. The van der Waals surface area contributed by atoms with Crippen LogP contribution in [-0.2, 0) is 10.0 Å². The minimum atomic E-state index is -3.84. The van der Waals surface area contributed by atoms with E-state index in [1.54, 1.807) is 12.1 Å². The molecule has 4 nitrogen and oxygen atoms in total. The summed E-state index contributed by atoms with van der Waals surface area (Å²) in [7, 11) is -3.84. The topological polar surface area (TPSA) is 52.0 Å². The van der Waals surface area contributed by atoms with Gasteiger partial charge in [-0.25, -0.2) is 17.4 Å². The molecule has 1 heterocycles. The molecule has 0 fully saturated rings. The van der Waals surface area contributed by atoms with E-state index in [9.17, 15) is 8.42 Å². The zero-order valence-corrected chi connectivity index (χ0v) is 18.4. The molecule has 0 aliphatic heterocycles. The number of hydrogen-bond donors (Lipinski definition) is 0. The number of aromatic nitrogens is 2. The molecule has 0 unspecified atom stereocenters. The molecular formula is C25H24N2O2S. The van der Waals surface area contributed by atoms with E-state index in [0.29, 0.717) is 21.8 Å². The van der Waals surface area contributed by atoms with Crippen molar-refractivity contribution in [3.63, 3.8) is 0 Å². The summed E-state index contributed by atoms with van der Waals surface area (Å²) in [5.74, 6) is 0.385. The number of imidazole rings is 1. The molecule has 0 radical (unpaired) electrons. The lowest BCUT2D eigenvalue weighted by Crippen LogP contribution is -2.17. The van der Waals surface area contributed by atoms with Crippen LogP contribution in [0.2, 0.25) is 0 Å². The Morgan fingerprint density at radius 2 is 1.43 bits per heavy atom. The highest BCUT2D eigenvalue weighted by molar-refractivity contribution is 7.90. The van der Waals surface area contributed by atoms with Crippen molar-refractivity contribution in [2.45, 2.75) is 32.6 Å². The molecule has 30 heavy (non-hydrogen) atoms. The van der Waals surface area contributed by atoms with E-state index in [1.165, 1.54) is 9.54 Å². The van der Waals surface area contributed by atoms with Crippen molar-refractivity contribution >= 4 is 33.2 Å². The van der Waals surface area contributed by atoms with Crippen molar-refractivity contribution in [1.29, 1.82) is 0 Å². The number of rotatable bonds is 4. The Morgan fingerprint density at radius 1 is 0.800 bits per heavy atom. The van der Waals surface area contributed by atoms with Crippen LogP contribution in [-0.4, -0.2) is 17.4 Å². The van der Waals surface area contributed by atoms with Crippen LogP contribution in [0.4, 0.5) is 0 Å². The first-order valence-corrected chi connectivity index (χ1v) is 11.3. The van der Waals surface area contributed by atoms with Gasteiger partial charge in [0.25, 0.3) is 10.0 Å². The summed E-state index contributed by atoms with van der Waals surface area (Å²) in [6, 6.07) is 19.2. The van der Waals surface area contributed by atoms with Gasteiger partial charge in [-0.2, -0.15) is 0 Å². The third-order valence-electron chi connectivity index (χ3n) is 5.15. The molecule has 0 N–H and O–H groups in total. The molecule has 5 heteroatoms. The van der Waals surface area contributed by atoms with E-state index >= 15 is 0 Å². The predicted molar refractivity (Wildman–Crippen MR) is 123 cm³/mol. The zero-order valence-electron chi connectivity index (χ0n) is 17.5. The fraction of sp³-hybridized carbons (Fsp3) is 0.160. The van der Waals surface area contributed by atoms with Gasteiger partial charge in [-0.3, -0.25) is 0 Å².